The Morgan fingerprint density at radius 2 is 1.83 bits per heavy atom. The molecular weight excluding hydrogens is 311 g/mol. The summed E-state index contributed by atoms with van der Waals surface area (Å²) in [7, 11) is 0. The highest BCUT2D eigenvalue weighted by atomic mass is 19.1. The minimum absolute atomic E-state index is 0.170. The van der Waals surface area contributed by atoms with Crippen LogP contribution in [0.3, 0.4) is 0 Å². The molecule has 0 aromatic heterocycles. The van der Waals surface area contributed by atoms with Crippen molar-refractivity contribution in [3.05, 3.63) is 35.6 Å². The van der Waals surface area contributed by atoms with E-state index in [0.29, 0.717) is 19.6 Å². The lowest BCUT2D eigenvalue weighted by atomic mass is 10.1. The van der Waals surface area contributed by atoms with E-state index in [1.165, 1.54) is 24.0 Å². The van der Waals surface area contributed by atoms with Crippen LogP contribution in [0.2, 0.25) is 0 Å². The third-order valence-electron chi connectivity index (χ3n) is 3.59. The van der Waals surface area contributed by atoms with Crippen molar-refractivity contribution in [2.75, 3.05) is 13.2 Å². The molecule has 2 amide bonds. The summed E-state index contributed by atoms with van der Waals surface area (Å²) in [4.78, 5) is 25.6. The van der Waals surface area contributed by atoms with Crippen molar-refractivity contribution in [3.8, 4) is 0 Å². The molecule has 0 aliphatic rings. The third kappa shape index (κ3) is 7.08. The summed E-state index contributed by atoms with van der Waals surface area (Å²) in [5.74, 6) is -0.746. The summed E-state index contributed by atoms with van der Waals surface area (Å²) in [6.45, 7) is 8.37. The van der Waals surface area contributed by atoms with Crippen molar-refractivity contribution >= 4 is 11.8 Å². The molecule has 0 radical (unpaired) electrons. The molecule has 0 unspecified atom stereocenters. The second kappa shape index (κ2) is 10.0. The predicted octanol–water partition coefficient (Wildman–Crippen LogP) is 2.49. The molecule has 0 heterocycles. The van der Waals surface area contributed by atoms with Crippen LogP contribution in [0.1, 0.15) is 39.7 Å². The normalized spacial score (nSPS) is 12.1. The maximum absolute atomic E-state index is 13.0. The van der Waals surface area contributed by atoms with E-state index in [1.54, 1.807) is 19.1 Å². The number of hydrogen-bond acceptors (Lipinski definition) is 3. The van der Waals surface area contributed by atoms with E-state index in [9.17, 15) is 14.0 Å². The zero-order valence-electron chi connectivity index (χ0n) is 14.8. The van der Waals surface area contributed by atoms with Gasteiger partial charge in [0, 0.05) is 26.6 Å². The lowest BCUT2D eigenvalue weighted by Gasteiger charge is -2.27. The fraction of sp³-hybridized carbons (Fsp3) is 0.556. The minimum atomic E-state index is -0.599. The van der Waals surface area contributed by atoms with E-state index in [1.807, 2.05) is 13.8 Å². The topological polar surface area (TPSA) is 58.6 Å². The van der Waals surface area contributed by atoms with Crippen LogP contribution in [-0.4, -0.2) is 42.0 Å². The van der Waals surface area contributed by atoms with Gasteiger partial charge in [-0.1, -0.05) is 12.1 Å². The van der Waals surface area contributed by atoms with Crippen molar-refractivity contribution < 1.29 is 18.7 Å². The first-order valence-corrected chi connectivity index (χ1v) is 8.22. The maximum Gasteiger partial charge on any atom is 0.242 e. The Kier molecular flexibility index (Phi) is 8.40. The fourth-order valence-corrected chi connectivity index (χ4v) is 2.20. The van der Waals surface area contributed by atoms with Crippen LogP contribution < -0.4 is 5.32 Å². The minimum Gasteiger partial charge on any atom is -0.379 e. The Balaban J connectivity index is 2.52. The zero-order chi connectivity index (χ0) is 18.1. The van der Waals surface area contributed by atoms with Gasteiger partial charge in [0.1, 0.15) is 11.9 Å². The number of nitrogens with one attached hydrogen (secondary N) is 1. The number of ether oxygens (including phenoxy) is 1. The summed E-state index contributed by atoms with van der Waals surface area (Å²) in [5, 5.41) is 2.81. The van der Waals surface area contributed by atoms with Gasteiger partial charge in [-0.25, -0.2) is 4.39 Å². The number of halogens is 1. The van der Waals surface area contributed by atoms with E-state index >= 15 is 0 Å². The summed E-state index contributed by atoms with van der Waals surface area (Å²) in [6.07, 6.45) is 0.887. The van der Waals surface area contributed by atoms with E-state index in [2.05, 4.69) is 5.32 Å². The highest BCUT2D eigenvalue weighted by Gasteiger charge is 2.23. The standard InChI is InChI=1S/C18H27FN2O3/c1-13(2)24-11-5-10-20-18(23)14(3)21(15(4)22)12-16-6-8-17(19)9-7-16/h6-9,13-14H,5,10-12H2,1-4H3,(H,20,23)/t14-/m1/s1. The molecule has 0 aliphatic heterocycles. The Hall–Kier alpha value is -1.95. The number of hydrogen-bond donors (Lipinski definition) is 1. The average molecular weight is 338 g/mol. The molecule has 0 bridgehead atoms. The molecule has 24 heavy (non-hydrogen) atoms. The van der Waals surface area contributed by atoms with Gasteiger partial charge in [-0.2, -0.15) is 0 Å². The molecule has 0 saturated carbocycles. The Labute approximate surface area is 143 Å². The first kappa shape index (κ1) is 20.1. The van der Waals surface area contributed by atoms with Gasteiger partial charge < -0.3 is 15.0 Å². The lowest BCUT2D eigenvalue weighted by Crippen LogP contribution is -2.47. The van der Waals surface area contributed by atoms with E-state index in [-0.39, 0.29) is 30.3 Å². The van der Waals surface area contributed by atoms with Crippen LogP contribution >= 0.6 is 0 Å². The summed E-state index contributed by atoms with van der Waals surface area (Å²) in [5.41, 5.74) is 0.775. The molecule has 0 spiro atoms. The van der Waals surface area contributed by atoms with Gasteiger partial charge in [-0.3, -0.25) is 9.59 Å². The molecule has 1 aromatic carbocycles. The predicted molar refractivity (Wildman–Crippen MR) is 90.8 cm³/mol. The van der Waals surface area contributed by atoms with Crippen molar-refractivity contribution in [2.24, 2.45) is 0 Å². The van der Waals surface area contributed by atoms with Crippen molar-refractivity contribution in [1.29, 1.82) is 0 Å². The van der Waals surface area contributed by atoms with Gasteiger partial charge in [0.05, 0.1) is 6.10 Å². The van der Waals surface area contributed by atoms with Crippen LogP contribution in [0.5, 0.6) is 0 Å². The first-order valence-electron chi connectivity index (χ1n) is 8.22. The molecule has 5 nitrogen and oxygen atoms in total. The molecule has 6 heteroatoms. The summed E-state index contributed by atoms with van der Waals surface area (Å²) >= 11 is 0. The summed E-state index contributed by atoms with van der Waals surface area (Å²) in [6, 6.07) is 5.30. The van der Waals surface area contributed by atoms with Crippen LogP contribution in [0, 0.1) is 5.82 Å². The number of amides is 2. The molecule has 1 rings (SSSR count). The van der Waals surface area contributed by atoms with Gasteiger partial charge in [0.15, 0.2) is 0 Å². The van der Waals surface area contributed by atoms with Crippen molar-refractivity contribution in [2.45, 2.75) is 52.8 Å². The lowest BCUT2D eigenvalue weighted by molar-refractivity contribution is -0.139. The quantitative estimate of drug-likeness (QED) is 0.704. The van der Waals surface area contributed by atoms with Gasteiger partial charge >= 0.3 is 0 Å². The highest BCUT2D eigenvalue weighted by molar-refractivity contribution is 5.86. The third-order valence-corrected chi connectivity index (χ3v) is 3.59. The molecule has 134 valence electrons. The second-order valence-electron chi connectivity index (χ2n) is 6.01. The largest absolute Gasteiger partial charge is 0.379 e. The molecule has 1 aromatic rings. The monoisotopic (exact) mass is 338 g/mol. The van der Waals surface area contributed by atoms with Crippen LogP contribution in [-0.2, 0) is 20.9 Å². The SMILES string of the molecule is CC(=O)N(Cc1ccc(F)cc1)[C@H](C)C(=O)NCCCOC(C)C. The first-order chi connectivity index (χ1) is 11.3. The molecule has 1 atom stereocenters. The van der Waals surface area contributed by atoms with Crippen molar-refractivity contribution in [3.63, 3.8) is 0 Å². The number of benzene rings is 1. The zero-order valence-corrected chi connectivity index (χ0v) is 14.8. The van der Waals surface area contributed by atoms with E-state index < -0.39 is 6.04 Å². The number of carbonyl (C=O) groups excluding carboxylic acids is 2. The van der Waals surface area contributed by atoms with Crippen LogP contribution in [0.15, 0.2) is 24.3 Å². The molecule has 1 N–H and O–H groups in total. The molecule has 0 fully saturated rings. The van der Waals surface area contributed by atoms with E-state index in [0.717, 1.165) is 5.56 Å². The van der Waals surface area contributed by atoms with Gasteiger partial charge in [-0.15, -0.1) is 0 Å². The molecule has 0 aliphatic carbocycles. The molecular formula is C18H27FN2O3. The van der Waals surface area contributed by atoms with Crippen LogP contribution in [0.25, 0.3) is 0 Å². The van der Waals surface area contributed by atoms with Crippen LogP contribution in [0.4, 0.5) is 4.39 Å². The Morgan fingerprint density at radius 1 is 1.21 bits per heavy atom. The average Bonchev–Trinajstić information content (AvgIpc) is 2.52. The summed E-state index contributed by atoms with van der Waals surface area (Å²) < 4.78 is 18.4. The molecule has 0 saturated heterocycles. The van der Waals surface area contributed by atoms with E-state index in [4.69, 9.17) is 4.74 Å². The van der Waals surface area contributed by atoms with Gasteiger partial charge in [0.25, 0.3) is 0 Å². The smallest absolute Gasteiger partial charge is 0.242 e. The Morgan fingerprint density at radius 3 is 2.38 bits per heavy atom. The fourth-order valence-electron chi connectivity index (χ4n) is 2.20. The van der Waals surface area contributed by atoms with Crippen molar-refractivity contribution in [1.82, 2.24) is 10.2 Å². The Bertz CT molecular complexity index is 532. The second-order valence-corrected chi connectivity index (χ2v) is 6.01. The van der Waals surface area contributed by atoms with Gasteiger partial charge in [0.2, 0.25) is 11.8 Å². The number of nitrogens with zero attached hydrogens (tertiary/aromatic N) is 1. The number of carbonyl (C=O) groups is 2. The number of rotatable bonds is 9. The maximum atomic E-state index is 13.0. The highest BCUT2D eigenvalue weighted by Crippen LogP contribution is 2.10. The van der Waals surface area contributed by atoms with Gasteiger partial charge in [-0.05, 0) is 44.9 Å².